The van der Waals surface area contributed by atoms with E-state index in [0.29, 0.717) is 23.1 Å². The first-order chi connectivity index (χ1) is 13.0. The normalized spacial score (nSPS) is 10.4. The van der Waals surface area contributed by atoms with Gasteiger partial charge in [-0.3, -0.25) is 0 Å². The fourth-order valence-electron chi connectivity index (χ4n) is 2.95. The summed E-state index contributed by atoms with van der Waals surface area (Å²) in [6.45, 7) is 6.02. The summed E-state index contributed by atoms with van der Waals surface area (Å²) in [5.41, 5.74) is 4.25. The van der Waals surface area contributed by atoms with Gasteiger partial charge in [-0.15, -0.1) is 0 Å². The van der Waals surface area contributed by atoms with Gasteiger partial charge < -0.3 is 20.1 Å². The molecule has 0 atom stereocenters. The molecule has 0 fully saturated rings. The molecule has 0 amide bonds. The molecular formula is C21H24N4O2. The van der Waals surface area contributed by atoms with Crippen LogP contribution in [0.3, 0.4) is 0 Å². The summed E-state index contributed by atoms with van der Waals surface area (Å²) in [5.74, 6) is 3.44. The molecule has 0 saturated heterocycles. The molecule has 1 aromatic heterocycles. The van der Waals surface area contributed by atoms with Crippen LogP contribution in [0.5, 0.6) is 11.5 Å². The number of anilines is 4. The number of aryl methyl sites for hydroxylation is 3. The smallest absolute Gasteiger partial charge is 0.162 e. The van der Waals surface area contributed by atoms with Crippen LogP contribution in [-0.4, -0.2) is 24.2 Å². The monoisotopic (exact) mass is 364 g/mol. The summed E-state index contributed by atoms with van der Waals surface area (Å²) in [4.78, 5) is 8.95. The minimum atomic E-state index is 0.655. The van der Waals surface area contributed by atoms with E-state index in [1.165, 1.54) is 11.1 Å². The predicted octanol–water partition coefficient (Wildman–Crippen LogP) is 4.91. The number of benzene rings is 2. The molecule has 2 aromatic carbocycles. The van der Waals surface area contributed by atoms with Crippen LogP contribution in [-0.2, 0) is 0 Å². The highest BCUT2D eigenvalue weighted by Crippen LogP contribution is 2.31. The number of hydrogen-bond acceptors (Lipinski definition) is 6. The van der Waals surface area contributed by atoms with Gasteiger partial charge in [0.2, 0.25) is 0 Å². The Balaban J connectivity index is 1.85. The van der Waals surface area contributed by atoms with Gasteiger partial charge in [-0.1, -0.05) is 6.07 Å². The average molecular weight is 364 g/mol. The van der Waals surface area contributed by atoms with Crippen molar-refractivity contribution >= 4 is 23.0 Å². The van der Waals surface area contributed by atoms with Gasteiger partial charge in [0.1, 0.15) is 17.5 Å². The van der Waals surface area contributed by atoms with Gasteiger partial charge in [0.25, 0.3) is 0 Å². The van der Waals surface area contributed by atoms with Crippen molar-refractivity contribution in [1.82, 2.24) is 9.97 Å². The largest absolute Gasteiger partial charge is 0.493 e. The number of rotatable bonds is 6. The molecule has 0 aliphatic rings. The van der Waals surface area contributed by atoms with Crippen LogP contribution in [0.4, 0.5) is 23.0 Å². The van der Waals surface area contributed by atoms with E-state index in [0.717, 1.165) is 17.2 Å². The van der Waals surface area contributed by atoms with E-state index in [4.69, 9.17) is 9.47 Å². The zero-order valence-electron chi connectivity index (χ0n) is 16.3. The highest BCUT2D eigenvalue weighted by molar-refractivity contribution is 5.65. The summed E-state index contributed by atoms with van der Waals surface area (Å²) >= 11 is 0. The maximum Gasteiger partial charge on any atom is 0.162 e. The van der Waals surface area contributed by atoms with Crippen LogP contribution in [0.25, 0.3) is 0 Å². The number of methoxy groups -OCH3 is 2. The molecule has 6 heteroatoms. The molecule has 0 aliphatic carbocycles. The lowest BCUT2D eigenvalue weighted by Crippen LogP contribution is -2.02. The van der Waals surface area contributed by atoms with Crippen molar-refractivity contribution in [3.8, 4) is 11.5 Å². The Morgan fingerprint density at radius 2 is 1.26 bits per heavy atom. The minimum absolute atomic E-state index is 0.655. The van der Waals surface area contributed by atoms with E-state index in [1.807, 2.05) is 31.2 Å². The SMILES string of the molecule is COc1ccc(Nc2cc(Nc3cc(C)cc(C)c3)nc(C)n2)cc1OC. The molecule has 0 unspecified atom stereocenters. The molecule has 3 rings (SSSR count). The van der Waals surface area contributed by atoms with Crippen molar-refractivity contribution in [2.75, 3.05) is 24.9 Å². The second-order valence-corrected chi connectivity index (χ2v) is 6.38. The molecule has 0 bridgehead atoms. The fourth-order valence-corrected chi connectivity index (χ4v) is 2.95. The van der Waals surface area contributed by atoms with Gasteiger partial charge in [0, 0.05) is 23.5 Å². The summed E-state index contributed by atoms with van der Waals surface area (Å²) in [5, 5.41) is 6.65. The number of nitrogens with one attached hydrogen (secondary N) is 2. The quantitative estimate of drug-likeness (QED) is 0.648. The molecule has 3 aromatic rings. The molecule has 1 heterocycles. The number of nitrogens with zero attached hydrogens (tertiary/aromatic N) is 2. The lowest BCUT2D eigenvalue weighted by Gasteiger charge is -2.13. The van der Waals surface area contributed by atoms with Gasteiger partial charge in [-0.05, 0) is 56.2 Å². The average Bonchev–Trinajstić information content (AvgIpc) is 2.60. The Kier molecular flexibility index (Phi) is 5.45. The molecule has 0 spiro atoms. The number of ether oxygens (including phenoxy) is 2. The zero-order valence-corrected chi connectivity index (χ0v) is 16.3. The highest BCUT2D eigenvalue weighted by atomic mass is 16.5. The Bertz CT molecular complexity index is 937. The summed E-state index contributed by atoms with van der Waals surface area (Å²) in [6, 6.07) is 13.8. The van der Waals surface area contributed by atoms with E-state index in [9.17, 15) is 0 Å². The van der Waals surface area contributed by atoms with Crippen molar-refractivity contribution in [2.24, 2.45) is 0 Å². The molecule has 0 saturated carbocycles. The van der Waals surface area contributed by atoms with Crippen molar-refractivity contribution < 1.29 is 9.47 Å². The Hall–Kier alpha value is -3.28. The second kappa shape index (κ2) is 7.95. The highest BCUT2D eigenvalue weighted by Gasteiger charge is 2.07. The van der Waals surface area contributed by atoms with Crippen molar-refractivity contribution in [3.05, 3.63) is 59.4 Å². The minimum Gasteiger partial charge on any atom is -0.493 e. The van der Waals surface area contributed by atoms with Gasteiger partial charge in [0.05, 0.1) is 14.2 Å². The van der Waals surface area contributed by atoms with E-state index in [-0.39, 0.29) is 0 Å². The maximum atomic E-state index is 5.35. The van der Waals surface area contributed by atoms with Crippen LogP contribution in [0.2, 0.25) is 0 Å². The first-order valence-corrected chi connectivity index (χ1v) is 8.67. The summed E-state index contributed by atoms with van der Waals surface area (Å²) in [7, 11) is 3.23. The molecule has 140 valence electrons. The maximum absolute atomic E-state index is 5.35. The van der Waals surface area contributed by atoms with Gasteiger partial charge in [0.15, 0.2) is 11.5 Å². The first kappa shape index (κ1) is 18.5. The second-order valence-electron chi connectivity index (χ2n) is 6.38. The van der Waals surface area contributed by atoms with Crippen LogP contribution < -0.4 is 20.1 Å². The lowest BCUT2D eigenvalue weighted by molar-refractivity contribution is 0.355. The van der Waals surface area contributed by atoms with Crippen molar-refractivity contribution in [3.63, 3.8) is 0 Å². The van der Waals surface area contributed by atoms with Crippen LogP contribution in [0, 0.1) is 20.8 Å². The van der Waals surface area contributed by atoms with E-state index < -0.39 is 0 Å². The topological polar surface area (TPSA) is 68.3 Å². The molecule has 2 N–H and O–H groups in total. The fraction of sp³-hybridized carbons (Fsp3) is 0.238. The molecule has 0 radical (unpaired) electrons. The number of aromatic nitrogens is 2. The van der Waals surface area contributed by atoms with Crippen molar-refractivity contribution in [1.29, 1.82) is 0 Å². The number of hydrogen-bond donors (Lipinski definition) is 2. The van der Waals surface area contributed by atoms with Gasteiger partial charge in [-0.2, -0.15) is 0 Å². The third-order valence-corrected chi connectivity index (χ3v) is 3.99. The molecule has 0 aliphatic heterocycles. The van der Waals surface area contributed by atoms with Crippen LogP contribution in [0.1, 0.15) is 17.0 Å². The lowest BCUT2D eigenvalue weighted by atomic mass is 10.1. The van der Waals surface area contributed by atoms with Crippen molar-refractivity contribution in [2.45, 2.75) is 20.8 Å². The Morgan fingerprint density at radius 3 is 1.85 bits per heavy atom. The van der Waals surface area contributed by atoms with Gasteiger partial charge >= 0.3 is 0 Å². The van der Waals surface area contributed by atoms with Crippen LogP contribution in [0.15, 0.2) is 42.5 Å². The standard InChI is InChI=1S/C21H24N4O2/c1-13-8-14(2)10-17(9-13)25-21-12-20(22-15(3)23-21)24-16-6-7-18(26-4)19(11-16)27-5/h6-12H,1-5H3,(H2,22,23,24,25). The third kappa shape index (κ3) is 4.67. The molecule has 27 heavy (non-hydrogen) atoms. The molecule has 6 nitrogen and oxygen atoms in total. The zero-order chi connectivity index (χ0) is 19.4. The summed E-state index contributed by atoms with van der Waals surface area (Å²) in [6.07, 6.45) is 0. The summed E-state index contributed by atoms with van der Waals surface area (Å²) < 4.78 is 10.6. The first-order valence-electron chi connectivity index (χ1n) is 8.67. The Labute approximate surface area is 159 Å². The third-order valence-electron chi connectivity index (χ3n) is 3.99. The molecular weight excluding hydrogens is 340 g/mol. The van der Waals surface area contributed by atoms with E-state index >= 15 is 0 Å². The van der Waals surface area contributed by atoms with Crippen LogP contribution >= 0.6 is 0 Å². The van der Waals surface area contributed by atoms with E-state index in [2.05, 4.69) is 52.6 Å². The van der Waals surface area contributed by atoms with Gasteiger partial charge in [-0.25, -0.2) is 9.97 Å². The van der Waals surface area contributed by atoms with E-state index in [1.54, 1.807) is 14.2 Å². The predicted molar refractivity (Wildman–Crippen MR) is 109 cm³/mol. The Morgan fingerprint density at radius 1 is 0.667 bits per heavy atom.